The summed E-state index contributed by atoms with van der Waals surface area (Å²) in [4.78, 5) is 13.5. The second kappa shape index (κ2) is 10.2. The maximum absolute atomic E-state index is 13.5. The molecule has 3 atom stereocenters. The van der Waals surface area contributed by atoms with Gasteiger partial charge in [0.05, 0.1) is 20.1 Å². The van der Waals surface area contributed by atoms with Gasteiger partial charge in [0.25, 0.3) is 0 Å². The van der Waals surface area contributed by atoms with Gasteiger partial charge in [0.1, 0.15) is 6.54 Å². The number of likely N-dealkylation sites (N-methyl/N-ethyl adjacent to an activating group) is 1. The first-order valence-electron chi connectivity index (χ1n) is 12.4. The molecule has 4 nitrogen and oxygen atoms in total. The molecule has 1 saturated heterocycles. The predicted molar refractivity (Wildman–Crippen MR) is 127 cm³/mol. The average Bonchev–Trinajstić information content (AvgIpc) is 2.84. The van der Waals surface area contributed by atoms with Crippen LogP contribution in [0.2, 0.25) is 0 Å². The number of likely N-dealkylation sites (tertiary alicyclic amines) is 1. The fourth-order valence-corrected chi connectivity index (χ4v) is 5.69. The van der Waals surface area contributed by atoms with Gasteiger partial charge in [0.15, 0.2) is 11.7 Å². The Balaban J connectivity index is 1.45. The number of benzene rings is 2. The van der Waals surface area contributed by atoms with Gasteiger partial charge in [0, 0.05) is 18.8 Å². The molecule has 2 aromatic rings. The zero-order chi connectivity index (χ0) is 22.4. The molecule has 0 aromatic heterocycles. The highest BCUT2D eigenvalue weighted by Gasteiger charge is 2.48. The van der Waals surface area contributed by atoms with Crippen molar-refractivity contribution in [2.45, 2.75) is 63.1 Å². The summed E-state index contributed by atoms with van der Waals surface area (Å²) in [7, 11) is 2.27. The van der Waals surface area contributed by atoms with Crippen molar-refractivity contribution in [3.05, 3.63) is 71.8 Å². The molecule has 0 spiro atoms. The number of nitrogens with zero attached hydrogens (tertiary/aromatic N) is 1. The number of aliphatic hydroxyl groups is 1. The molecule has 0 bridgehead atoms. The number of rotatable bonds is 7. The van der Waals surface area contributed by atoms with Gasteiger partial charge >= 0.3 is 5.97 Å². The first kappa shape index (κ1) is 23.0. The van der Waals surface area contributed by atoms with Crippen LogP contribution in [0.15, 0.2) is 60.7 Å². The average molecular weight is 437 g/mol. The third-order valence-electron chi connectivity index (χ3n) is 7.65. The van der Waals surface area contributed by atoms with E-state index in [-0.39, 0.29) is 12.0 Å². The summed E-state index contributed by atoms with van der Waals surface area (Å²) in [6.07, 6.45) is 7.83. The maximum atomic E-state index is 13.5. The Morgan fingerprint density at radius 3 is 2.31 bits per heavy atom. The van der Waals surface area contributed by atoms with Crippen molar-refractivity contribution < 1.29 is 19.1 Å². The fourth-order valence-electron chi connectivity index (χ4n) is 5.69. The van der Waals surface area contributed by atoms with Crippen LogP contribution in [0.5, 0.6) is 0 Å². The zero-order valence-corrected chi connectivity index (χ0v) is 19.4. The van der Waals surface area contributed by atoms with Crippen molar-refractivity contribution in [3.8, 4) is 0 Å². The van der Waals surface area contributed by atoms with Gasteiger partial charge in [-0.1, -0.05) is 79.9 Å². The highest BCUT2D eigenvalue weighted by Crippen LogP contribution is 2.41. The molecule has 2 fully saturated rings. The normalized spacial score (nSPS) is 26.2. The zero-order valence-electron chi connectivity index (χ0n) is 19.4. The van der Waals surface area contributed by atoms with E-state index in [2.05, 4.69) is 37.4 Å². The van der Waals surface area contributed by atoms with E-state index in [0.29, 0.717) is 5.56 Å². The van der Waals surface area contributed by atoms with Gasteiger partial charge < -0.3 is 14.3 Å². The number of carbonyl (C=O) groups is 1. The summed E-state index contributed by atoms with van der Waals surface area (Å²) >= 11 is 0. The van der Waals surface area contributed by atoms with Crippen LogP contribution >= 0.6 is 0 Å². The van der Waals surface area contributed by atoms with Crippen molar-refractivity contribution in [3.63, 3.8) is 0 Å². The lowest BCUT2D eigenvalue weighted by Gasteiger charge is -2.42. The molecule has 4 rings (SSSR count). The maximum Gasteiger partial charge on any atom is 0.343 e. The van der Waals surface area contributed by atoms with E-state index in [1.807, 2.05) is 30.3 Å². The van der Waals surface area contributed by atoms with Crippen molar-refractivity contribution in [1.29, 1.82) is 0 Å². The Labute approximate surface area is 192 Å². The van der Waals surface area contributed by atoms with E-state index in [1.54, 1.807) is 0 Å². The Kier molecular flexibility index (Phi) is 7.32. The summed E-state index contributed by atoms with van der Waals surface area (Å²) < 4.78 is 7.01. The molecule has 172 valence electrons. The lowest BCUT2D eigenvalue weighted by atomic mass is 9.73. The van der Waals surface area contributed by atoms with Gasteiger partial charge in [-0.3, -0.25) is 0 Å². The molecule has 2 aromatic carbocycles. The van der Waals surface area contributed by atoms with Crippen molar-refractivity contribution in [1.82, 2.24) is 0 Å². The van der Waals surface area contributed by atoms with Crippen LogP contribution in [0.1, 0.15) is 56.1 Å². The summed E-state index contributed by atoms with van der Waals surface area (Å²) in [5.41, 5.74) is 0.475. The van der Waals surface area contributed by atoms with Crippen molar-refractivity contribution in [2.75, 3.05) is 26.7 Å². The molecule has 1 aliphatic heterocycles. The van der Waals surface area contributed by atoms with Gasteiger partial charge in [-0.25, -0.2) is 4.79 Å². The smallest absolute Gasteiger partial charge is 0.343 e. The molecule has 2 aliphatic rings. The van der Waals surface area contributed by atoms with Crippen LogP contribution in [-0.2, 0) is 21.6 Å². The van der Waals surface area contributed by atoms with Crippen LogP contribution in [0.3, 0.4) is 0 Å². The molecule has 0 radical (unpaired) electrons. The molecule has 1 N–H and O–H groups in total. The number of ether oxygens (including phenoxy) is 1. The number of quaternary nitrogens is 1. The van der Waals surface area contributed by atoms with Crippen LogP contribution in [0.25, 0.3) is 0 Å². The highest BCUT2D eigenvalue weighted by atomic mass is 16.6. The van der Waals surface area contributed by atoms with Gasteiger partial charge in [-0.2, -0.15) is 0 Å². The summed E-state index contributed by atoms with van der Waals surface area (Å²) in [6.45, 7) is 2.95. The van der Waals surface area contributed by atoms with Crippen molar-refractivity contribution in [2.24, 2.45) is 5.92 Å². The molecule has 4 heteroatoms. The minimum Gasteiger partial charge on any atom is -0.454 e. The predicted octanol–water partition coefficient (Wildman–Crippen LogP) is 4.85. The van der Waals surface area contributed by atoms with E-state index >= 15 is 0 Å². The number of esters is 1. The monoisotopic (exact) mass is 436 g/mol. The van der Waals surface area contributed by atoms with E-state index in [0.717, 1.165) is 69.1 Å². The van der Waals surface area contributed by atoms with Crippen molar-refractivity contribution >= 4 is 5.97 Å². The molecule has 1 aliphatic carbocycles. The molecule has 32 heavy (non-hydrogen) atoms. The molecular weight excluding hydrogens is 398 g/mol. The van der Waals surface area contributed by atoms with E-state index in [9.17, 15) is 9.90 Å². The molecule has 2 unspecified atom stereocenters. The number of hydrogen-bond donors (Lipinski definition) is 1. The Morgan fingerprint density at radius 1 is 0.969 bits per heavy atom. The lowest BCUT2D eigenvalue weighted by molar-refractivity contribution is -0.916. The molecule has 1 heterocycles. The minimum atomic E-state index is -1.55. The van der Waals surface area contributed by atoms with E-state index < -0.39 is 11.6 Å². The first-order chi connectivity index (χ1) is 15.5. The highest BCUT2D eigenvalue weighted by molar-refractivity contribution is 5.81. The second-order valence-electron chi connectivity index (χ2n) is 10.1. The Morgan fingerprint density at radius 2 is 1.62 bits per heavy atom. The number of carbonyl (C=O) groups excluding carboxylic acids is 1. The summed E-state index contributed by atoms with van der Waals surface area (Å²) in [6, 6.07) is 20.0. The fraction of sp³-hybridized carbons (Fsp3) is 0.536. The lowest BCUT2D eigenvalue weighted by Crippen LogP contribution is -2.56. The topological polar surface area (TPSA) is 46.5 Å². The SMILES string of the molecule is C[N@+]1(CCc2ccccc2)CCCC(OC(=O)C(O)(c2ccccc2)C2CCCCC2)C1. The van der Waals surface area contributed by atoms with Crippen LogP contribution in [-0.4, -0.2) is 48.3 Å². The van der Waals surface area contributed by atoms with Gasteiger partial charge in [-0.05, 0) is 30.4 Å². The van der Waals surface area contributed by atoms with Gasteiger partial charge in [0.2, 0.25) is 0 Å². The third-order valence-corrected chi connectivity index (χ3v) is 7.65. The van der Waals surface area contributed by atoms with Gasteiger partial charge in [-0.15, -0.1) is 0 Å². The standard InChI is InChI=1S/C28H38NO3/c1-29(21-19-23-12-5-2-6-13-23)20-11-18-26(22-29)32-27(30)28(31,24-14-7-3-8-15-24)25-16-9-4-10-17-25/h2-3,5-8,12-15,25-26,31H,4,9-11,16-22H2,1H3/q+1/t26?,28?,29-/m1/s1. The molecule has 1 saturated carbocycles. The number of hydrogen-bond acceptors (Lipinski definition) is 3. The Bertz CT molecular complexity index is 865. The Hall–Kier alpha value is -2.17. The largest absolute Gasteiger partial charge is 0.454 e. The minimum absolute atomic E-state index is 0.0753. The van der Waals surface area contributed by atoms with E-state index in [1.165, 1.54) is 12.0 Å². The summed E-state index contributed by atoms with van der Waals surface area (Å²) in [5.74, 6) is -0.522. The summed E-state index contributed by atoms with van der Waals surface area (Å²) in [5, 5.41) is 11.8. The second-order valence-corrected chi connectivity index (χ2v) is 10.1. The van der Waals surface area contributed by atoms with Crippen LogP contribution in [0.4, 0.5) is 0 Å². The third kappa shape index (κ3) is 5.24. The van der Waals surface area contributed by atoms with Crippen LogP contribution < -0.4 is 0 Å². The molecule has 0 amide bonds. The quantitative estimate of drug-likeness (QED) is 0.499. The number of piperidine rings is 1. The van der Waals surface area contributed by atoms with Crippen LogP contribution in [0, 0.1) is 5.92 Å². The molecular formula is C28H38NO3+. The first-order valence-corrected chi connectivity index (χ1v) is 12.4. The van der Waals surface area contributed by atoms with E-state index in [4.69, 9.17) is 4.74 Å².